The summed E-state index contributed by atoms with van der Waals surface area (Å²) in [5, 5.41) is 0. The highest BCUT2D eigenvalue weighted by Gasteiger charge is 2.26. The summed E-state index contributed by atoms with van der Waals surface area (Å²) < 4.78 is 25.7. The second kappa shape index (κ2) is 3.27. The molecule has 0 amide bonds. The molecule has 0 unspecified atom stereocenters. The number of nitrogens with zero attached hydrogens (tertiary/aromatic N) is 3. The van der Waals surface area contributed by atoms with Crippen molar-refractivity contribution in [2.75, 3.05) is 5.75 Å². The molecule has 3 heterocycles. The summed E-state index contributed by atoms with van der Waals surface area (Å²) in [4.78, 5) is 8.47. The van der Waals surface area contributed by atoms with Gasteiger partial charge in [-0.15, -0.1) is 0 Å². The Kier molecular flexibility index (Phi) is 2.09. The van der Waals surface area contributed by atoms with Crippen molar-refractivity contribution in [3.05, 3.63) is 28.3 Å². The van der Waals surface area contributed by atoms with Crippen molar-refractivity contribution in [2.45, 2.75) is 12.2 Å². The second-order valence-electron chi connectivity index (χ2n) is 3.79. The van der Waals surface area contributed by atoms with Gasteiger partial charge < -0.3 is 0 Å². The van der Waals surface area contributed by atoms with E-state index in [-0.39, 0.29) is 11.5 Å². The van der Waals surface area contributed by atoms with Crippen LogP contribution >= 0.6 is 15.9 Å². The average Bonchev–Trinajstić information content (AvgIpc) is 2.55. The molecular formula is C9H8BrN3O2S. The zero-order valence-corrected chi connectivity index (χ0v) is 10.6. The number of hydrogen-bond acceptors (Lipinski definition) is 4. The summed E-state index contributed by atoms with van der Waals surface area (Å²) in [5.41, 5.74) is 1.59. The molecule has 0 radical (unpaired) electrons. The zero-order chi connectivity index (χ0) is 11.3. The Labute approximate surface area is 101 Å². The van der Waals surface area contributed by atoms with E-state index in [1.807, 2.05) is 0 Å². The van der Waals surface area contributed by atoms with Gasteiger partial charge in [-0.05, 0) is 15.9 Å². The summed E-state index contributed by atoms with van der Waals surface area (Å²) in [6.07, 6.45) is 3.94. The first kappa shape index (κ1) is 10.2. The maximum absolute atomic E-state index is 11.6. The molecule has 2 aromatic rings. The first-order valence-corrected chi connectivity index (χ1v) is 7.38. The minimum absolute atomic E-state index is 0.0572. The van der Waals surface area contributed by atoms with Gasteiger partial charge in [-0.25, -0.2) is 18.4 Å². The Bertz CT molecular complexity index is 677. The van der Waals surface area contributed by atoms with Crippen molar-refractivity contribution in [3.8, 4) is 0 Å². The number of aromatic nitrogens is 3. The van der Waals surface area contributed by atoms with Crippen molar-refractivity contribution in [1.29, 1.82) is 0 Å². The predicted octanol–water partition coefficient (Wildman–Crippen LogP) is 0.963. The topological polar surface area (TPSA) is 64.3 Å². The van der Waals surface area contributed by atoms with Crippen LogP contribution in [0, 0.1) is 0 Å². The van der Waals surface area contributed by atoms with Gasteiger partial charge in [-0.2, -0.15) is 0 Å². The van der Waals surface area contributed by atoms with Crippen molar-refractivity contribution >= 4 is 31.5 Å². The van der Waals surface area contributed by atoms with Crippen LogP contribution in [0.1, 0.15) is 11.4 Å². The van der Waals surface area contributed by atoms with Crippen LogP contribution < -0.4 is 0 Å². The van der Waals surface area contributed by atoms with Crippen LogP contribution in [0.5, 0.6) is 0 Å². The predicted molar refractivity (Wildman–Crippen MR) is 61.9 cm³/mol. The van der Waals surface area contributed by atoms with Gasteiger partial charge in [-0.1, -0.05) is 0 Å². The monoisotopic (exact) mass is 301 g/mol. The minimum atomic E-state index is -2.97. The minimum Gasteiger partial charge on any atom is -0.286 e. The van der Waals surface area contributed by atoms with Crippen LogP contribution in [0.25, 0.3) is 5.78 Å². The van der Waals surface area contributed by atoms with Crippen LogP contribution in [0.3, 0.4) is 0 Å². The first-order valence-electron chi connectivity index (χ1n) is 4.77. The van der Waals surface area contributed by atoms with Gasteiger partial charge in [0.25, 0.3) is 0 Å². The third-order valence-electron chi connectivity index (χ3n) is 2.64. The molecule has 1 aliphatic heterocycles. The maximum atomic E-state index is 11.6. The highest BCUT2D eigenvalue weighted by molar-refractivity contribution is 9.10. The highest BCUT2D eigenvalue weighted by Crippen LogP contribution is 2.22. The van der Waals surface area contributed by atoms with Crippen molar-refractivity contribution in [1.82, 2.24) is 14.4 Å². The van der Waals surface area contributed by atoms with Crippen molar-refractivity contribution in [2.24, 2.45) is 0 Å². The van der Waals surface area contributed by atoms with Crippen LogP contribution in [0.2, 0.25) is 0 Å². The molecule has 1 aliphatic rings. The van der Waals surface area contributed by atoms with E-state index in [0.29, 0.717) is 12.2 Å². The Morgan fingerprint density at radius 3 is 3.06 bits per heavy atom. The molecule has 0 aromatic carbocycles. The molecule has 0 fully saturated rings. The Balaban J connectivity index is 2.31. The number of imidazole rings is 1. The van der Waals surface area contributed by atoms with Gasteiger partial charge >= 0.3 is 0 Å². The standard InChI is InChI=1S/C9H8BrN3O2S/c10-6-3-11-9-12-7-1-2-16(14,15)5-8(7)13(9)4-6/h3-4H,1-2,5H2. The lowest BCUT2D eigenvalue weighted by Crippen LogP contribution is -2.19. The number of halogens is 1. The first-order chi connectivity index (χ1) is 7.55. The van der Waals surface area contributed by atoms with Crippen molar-refractivity contribution in [3.63, 3.8) is 0 Å². The van der Waals surface area contributed by atoms with Gasteiger partial charge in [0.2, 0.25) is 5.78 Å². The number of hydrogen-bond donors (Lipinski definition) is 0. The fraction of sp³-hybridized carbons (Fsp3) is 0.333. The molecule has 0 atom stereocenters. The third kappa shape index (κ3) is 1.54. The fourth-order valence-electron chi connectivity index (χ4n) is 1.89. The summed E-state index contributed by atoms with van der Waals surface area (Å²) in [5.74, 6) is 0.803. The lowest BCUT2D eigenvalue weighted by atomic mass is 10.3. The molecule has 0 saturated heterocycles. The molecule has 0 saturated carbocycles. The Morgan fingerprint density at radius 2 is 2.25 bits per heavy atom. The summed E-state index contributed by atoms with van der Waals surface area (Å²) in [6, 6.07) is 0. The van der Waals surface area contributed by atoms with Crippen LogP contribution in [0.15, 0.2) is 16.9 Å². The number of sulfone groups is 1. The molecule has 0 spiro atoms. The van der Waals surface area contributed by atoms with Crippen LogP contribution in [-0.4, -0.2) is 28.5 Å². The maximum Gasteiger partial charge on any atom is 0.234 e. The molecule has 16 heavy (non-hydrogen) atoms. The fourth-order valence-corrected chi connectivity index (χ4v) is 3.57. The molecule has 0 bridgehead atoms. The molecule has 5 nitrogen and oxygen atoms in total. The van der Waals surface area contributed by atoms with Crippen LogP contribution in [-0.2, 0) is 22.0 Å². The van der Waals surface area contributed by atoms with E-state index < -0.39 is 9.84 Å². The third-order valence-corrected chi connectivity index (χ3v) is 4.59. The van der Waals surface area contributed by atoms with Gasteiger partial charge in [0, 0.05) is 18.8 Å². The molecule has 3 rings (SSSR count). The Hall–Kier alpha value is -0.950. The number of aryl methyl sites for hydroxylation is 1. The lowest BCUT2D eigenvalue weighted by Gasteiger charge is -2.11. The lowest BCUT2D eigenvalue weighted by molar-refractivity contribution is 0.590. The molecule has 2 aromatic heterocycles. The molecular weight excluding hydrogens is 294 g/mol. The SMILES string of the molecule is O=S1(=O)CCc2nc3ncc(Br)cn3c2C1. The van der Waals surface area contributed by atoms with E-state index in [1.54, 1.807) is 16.8 Å². The van der Waals surface area contributed by atoms with E-state index in [4.69, 9.17) is 0 Å². The number of rotatable bonds is 0. The van der Waals surface area contributed by atoms with Gasteiger partial charge in [-0.3, -0.25) is 4.40 Å². The molecule has 84 valence electrons. The molecule has 7 heteroatoms. The zero-order valence-electron chi connectivity index (χ0n) is 8.22. The van der Waals surface area contributed by atoms with Gasteiger partial charge in [0.05, 0.1) is 27.4 Å². The smallest absolute Gasteiger partial charge is 0.234 e. The normalized spacial score (nSPS) is 18.6. The molecule has 0 aliphatic carbocycles. The van der Waals surface area contributed by atoms with Crippen molar-refractivity contribution < 1.29 is 8.42 Å². The van der Waals surface area contributed by atoms with Gasteiger partial charge in [0.15, 0.2) is 9.84 Å². The quantitative estimate of drug-likeness (QED) is 0.727. The van der Waals surface area contributed by atoms with E-state index in [2.05, 4.69) is 25.9 Å². The highest BCUT2D eigenvalue weighted by atomic mass is 79.9. The summed E-state index contributed by atoms with van der Waals surface area (Å²) in [7, 11) is -2.97. The Morgan fingerprint density at radius 1 is 1.44 bits per heavy atom. The molecule has 0 N–H and O–H groups in total. The summed E-state index contributed by atoms with van der Waals surface area (Å²) >= 11 is 3.31. The van der Waals surface area contributed by atoms with E-state index in [1.165, 1.54) is 0 Å². The number of fused-ring (bicyclic) bond motifs is 3. The van der Waals surface area contributed by atoms with E-state index >= 15 is 0 Å². The van der Waals surface area contributed by atoms with Gasteiger partial charge in [0.1, 0.15) is 0 Å². The van der Waals surface area contributed by atoms with Crippen LogP contribution in [0.4, 0.5) is 0 Å². The average molecular weight is 302 g/mol. The summed E-state index contributed by atoms with van der Waals surface area (Å²) in [6.45, 7) is 0. The largest absolute Gasteiger partial charge is 0.286 e. The second-order valence-corrected chi connectivity index (χ2v) is 6.89. The van der Waals surface area contributed by atoms with E-state index in [9.17, 15) is 8.42 Å². The van der Waals surface area contributed by atoms with E-state index in [0.717, 1.165) is 15.9 Å².